The Morgan fingerprint density at radius 3 is 2.70 bits per heavy atom. The van der Waals surface area contributed by atoms with E-state index in [0.29, 0.717) is 18.2 Å². The van der Waals surface area contributed by atoms with Gasteiger partial charge >= 0.3 is 0 Å². The summed E-state index contributed by atoms with van der Waals surface area (Å²) in [6.07, 6.45) is 1.96. The largest absolute Gasteiger partial charge is 0.387 e. The summed E-state index contributed by atoms with van der Waals surface area (Å²) >= 11 is 1.60. The van der Waals surface area contributed by atoms with E-state index in [0.717, 1.165) is 5.69 Å². The third-order valence-corrected chi connectivity index (χ3v) is 3.74. The Morgan fingerprint density at radius 1 is 1.35 bits per heavy atom. The zero-order valence-corrected chi connectivity index (χ0v) is 12.7. The molecule has 2 N–H and O–H groups in total. The lowest BCUT2D eigenvalue weighted by Crippen LogP contribution is -2.36. The van der Waals surface area contributed by atoms with Crippen LogP contribution in [0.25, 0.3) is 5.69 Å². The van der Waals surface area contributed by atoms with Gasteiger partial charge in [-0.3, -0.25) is 0 Å². The van der Waals surface area contributed by atoms with Crippen molar-refractivity contribution in [1.82, 2.24) is 20.2 Å². The highest BCUT2D eigenvalue weighted by Gasteiger charge is 2.20. The fourth-order valence-corrected chi connectivity index (χ4v) is 2.51. The second kappa shape index (κ2) is 6.23. The van der Waals surface area contributed by atoms with E-state index >= 15 is 0 Å². The van der Waals surface area contributed by atoms with Gasteiger partial charge in [-0.1, -0.05) is 22.8 Å². The summed E-state index contributed by atoms with van der Waals surface area (Å²) in [6, 6.07) is 7.92. The number of aryl methyl sites for hydroxylation is 1. The molecule has 2 rings (SSSR count). The van der Waals surface area contributed by atoms with Gasteiger partial charge in [-0.15, -0.1) is 0 Å². The minimum absolute atomic E-state index is 0.389. The Hall–Kier alpha value is -1.60. The van der Waals surface area contributed by atoms with Gasteiger partial charge in [0.1, 0.15) is 0 Å². The molecular weight excluding hydrogens is 274 g/mol. The van der Waals surface area contributed by atoms with Crippen LogP contribution in [0.1, 0.15) is 12.5 Å². The lowest BCUT2D eigenvalue weighted by Gasteiger charge is -2.22. The van der Waals surface area contributed by atoms with Gasteiger partial charge < -0.3 is 10.4 Å². The Kier molecular flexibility index (Phi) is 4.61. The first kappa shape index (κ1) is 14.8. The zero-order valence-electron chi connectivity index (χ0n) is 11.9. The fraction of sp³-hybridized carbons (Fsp3) is 0.462. The summed E-state index contributed by atoms with van der Waals surface area (Å²) in [7, 11) is 0. The third-order valence-electron chi connectivity index (χ3n) is 2.83. The second-order valence-corrected chi connectivity index (χ2v) is 5.90. The molecule has 0 saturated carbocycles. The fourth-order valence-electron chi connectivity index (χ4n) is 1.79. The predicted octanol–water partition coefficient (Wildman–Crippen LogP) is 1.50. The van der Waals surface area contributed by atoms with Crippen LogP contribution in [0.3, 0.4) is 0 Å². The maximum absolute atomic E-state index is 10.1. The van der Waals surface area contributed by atoms with E-state index in [1.54, 1.807) is 23.4 Å². The topological polar surface area (TPSA) is 75.9 Å². The van der Waals surface area contributed by atoms with E-state index in [2.05, 4.69) is 20.8 Å². The number of nitrogens with zero attached hydrogens (tertiary/aromatic N) is 4. The number of anilines is 1. The first-order valence-electron chi connectivity index (χ1n) is 6.32. The van der Waals surface area contributed by atoms with Crippen LogP contribution in [-0.4, -0.2) is 49.5 Å². The smallest absolute Gasteiger partial charge is 0.247 e. The number of rotatable bonds is 6. The average Bonchev–Trinajstić information content (AvgIpc) is 2.86. The number of hydrogen-bond acceptors (Lipinski definition) is 6. The van der Waals surface area contributed by atoms with Crippen LogP contribution in [0.4, 0.5) is 5.95 Å². The molecule has 0 aliphatic rings. The molecule has 0 fully saturated rings. The van der Waals surface area contributed by atoms with Gasteiger partial charge in [-0.2, -0.15) is 16.4 Å². The van der Waals surface area contributed by atoms with Crippen LogP contribution in [0.15, 0.2) is 24.3 Å². The summed E-state index contributed by atoms with van der Waals surface area (Å²) in [5.74, 6) is 1.17. The van der Waals surface area contributed by atoms with Crippen LogP contribution in [0, 0.1) is 6.92 Å². The minimum atomic E-state index is -0.802. The number of hydrogen-bond donors (Lipinski definition) is 2. The molecule has 6 nitrogen and oxygen atoms in total. The molecule has 1 unspecified atom stereocenters. The number of aliphatic hydroxyl groups is 1. The Balaban J connectivity index is 2.11. The quantitative estimate of drug-likeness (QED) is 0.840. The van der Waals surface area contributed by atoms with E-state index in [-0.39, 0.29) is 0 Å². The Labute approximate surface area is 122 Å². The lowest BCUT2D eigenvalue weighted by atomic mass is 10.1. The molecule has 0 aliphatic heterocycles. The minimum Gasteiger partial charge on any atom is -0.387 e. The standard InChI is InChI=1S/C13H19N5OS/c1-10-4-6-11(7-5-10)18-12(15-16-17-18)14-8-13(2,19)9-20-3/h4-7,19H,8-9H2,1-3H3,(H,14,15,17). The van der Waals surface area contributed by atoms with E-state index in [9.17, 15) is 5.11 Å². The average molecular weight is 293 g/mol. The van der Waals surface area contributed by atoms with Gasteiger partial charge in [0.25, 0.3) is 0 Å². The predicted molar refractivity (Wildman–Crippen MR) is 81.4 cm³/mol. The molecule has 20 heavy (non-hydrogen) atoms. The molecule has 1 aromatic heterocycles. The van der Waals surface area contributed by atoms with Gasteiger partial charge in [0, 0.05) is 12.3 Å². The SMILES string of the molecule is CSCC(C)(O)CNc1nnnn1-c1ccc(C)cc1. The van der Waals surface area contributed by atoms with Crippen molar-refractivity contribution in [3.8, 4) is 5.69 Å². The van der Waals surface area contributed by atoms with Crippen LogP contribution in [0.5, 0.6) is 0 Å². The van der Waals surface area contributed by atoms with Crippen molar-refractivity contribution in [2.45, 2.75) is 19.4 Å². The molecule has 0 saturated heterocycles. The molecule has 0 bridgehead atoms. The number of thioether (sulfide) groups is 1. The molecule has 108 valence electrons. The van der Waals surface area contributed by atoms with Gasteiger partial charge in [0.05, 0.1) is 11.3 Å². The first-order chi connectivity index (χ1) is 9.52. The van der Waals surface area contributed by atoms with Crippen LogP contribution in [0.2, 0.25) is 0 Å². The van der Waals surface area contributed by atoms with Crippen molar-refractivity contribution in [2.24, 2.45) is 0 Å². The summed E-state index contributed by atoms with van der Waals surface area (Å²) in [6.45, 7) is 4.21. The monoisotopic (exact) mass is 293 g/mol. The normalized spacial score (nSPS) is 14.0. The van der Waals surface area contributed by atoms with Gasteiger partial charge in [-0.05, 0) is 42.7 Å². The highest BCUT2D eigenvalue weighted by molar-refractivity contribution is 7.98. The molecule has 1 atom stereocenters. The highest BCUT2D eigenvalue weighted by atomic mass is 32.2. The van der Waals surface area contributed by atoms with Crippen molar-refractivity contribution >= 4 is 17.7 Å². The summed E-state index contributed by atoms with van der Waals surface area (Å²) in [4.78, 5) is 0. The zero-order chi connectivity index (χ0) is 14.6. The maximum Gasteiger partial charge on any atom is 0.247 e. The number of aromatic nitrogens is 4. The number of benzene rings is 1. The van der Waals surface area contributed by atoms with Crippen LogP contribution < -0.4 is 5.32 Å². The van der Waals surface area contributed by atoms with Gasteiger partial charge in [0.2, 0.25) is 5.95 Å². The van der Waals surface area contributed by atoms with E-state index in [4.69, 9.17) is 0 Å². The van der Waals surface area contributed by atoms with Crippen molar-refractivity contribution in [2.75, 3.05) is 23.9 Å². The number of tetrazole rings is 1. The van der Waals surface area contributed by atoms with E-state index < -0.39 is 5.60 Å². The van der Waals surface area contributed by atoms with Crippen molar-refractivity contribution in [3.63, 3.8) is 0 Å². The second-order valence-electron chi connectivity index (χ2n) is 5.03. The molecule has 2 aromatic rings. The number of nitrogens with one attached hydrogen (secondary N) is 1. The molecule has 1 heterocycles. The first-order valence-corrected chi connectivity index (χ1v) is 7.72. The summed E-state index contributed by atoms with van der Waals surface area (Å²) in [5, 5.41) is 24.8. The van der Waals surface area contributed by atoms with Crippen molar-refractivity contribution in [3.05, 3.63) is 29.8 Å². The maximum atomic E-state index is 10.1. The Bertz CT molecular complexity index is 552. The summed E-state index contributed by atoms with van der Waals surface area (Å²) in [5.41, 5.74) is 1.26. The Morgan fingerprint density at radius 2 is 2.05 bits per heavy atom. The molecule has 1 aromatic carbocycles. The molecule has 7 heteroatoms. The molecule has 0 spiro atoms. The van der Waals surface area contributed by atoms with Gasteiger partial charge in [-0.25, -0.2) is 0 Å². The van der Waals surface area contributed by atoms with Crippen molar-refractivity contribution in [1.29, 1.82) is 0 Å². The van der Waals surface area contributed by atoms with Crippen LogP contribution >= 0.6 is 11.8 Å². The summed E-state index contributed by atoms with van der Waals surface area (Å²) < 4.78 is 1.62. The van der Waals surface area contributed by atoms with Crippen molar-refractivity contribution < 1.29 is 5.11 Å². The molecule has 0 radical (unpaired) electrons. The molecular formula is C13H19N5OS. The molecule has 0 aliphatic carbocycles. The van der Waals surface area contributed by atoms with E-state index in [1.165, 1.54) is 5.56 Å². The molecule has 0 amide bonds. The van der Waals surface area contributed by atoms with Gasteiger partial charge in [0.15, 0.2) is 0 Å². The van der Waals surface area contributed by atoms with Crippen LogP contribution in [-0.2, 0) is 0 Å². The third kappa shape index (κ3) is 3.71. The lowest BCUT2D eigenvalue weighted by molar-refractivity contribution is 0.0995. The van der Waals surface area contributed by atoms with E-state index in [1.807, 2.05) is 37.4 Å². The highest BCUT2D eigenvalue weighted by Crippen LogP contribution is 2.15.